The summed E-state index contributed by atoms with van der Waals surface area (Å²) < 4.78 is 0. The fourth-order valence-electron chi connectivity index (χ4n) is 2.99. The second-order valence-electron chi connectivity index (χ2n) is 6.16. The molecule has 0 heterocycles. The maximum atomic E-state index is 5.99. The number of anilines is 1. The van der Waals surface area contributed by atoms with Crippen molar-refractivity contribution in [3.8, 4) is 0 Å². The molecule has 1 aromatic rings. The summed E-state index contributed by atoms with van der Waals surface area (Å²) in [6.45, 7) is 2.23. The third-order valence-corrected chi connectivity index (χ3v) is 4.62. The van der Waals surface area contributed by atoms with E-state index in [0.717, 1.165) is 25.2 Å². The molecule has 0 spiro atoms. The van der Waals surface area contributed by atoms with Gasteiger partial charge in [-0.3, -0.25) is 0 Å². The van der Waals surface area contributed by atoms with Crippen LogP contribution in [0.3, 0.4) is 0 Å². The van der Waals surface area contributed by atoms with Gasteiger partial charge in [0.15, 0.2) is 0 Å². The molecule has 1 aromatic carbocycles. The first-order valence-electron chi connectivity index (χ1n) is 7.23. The summed E-state index contributed by atoms with van der Waals surface area (Å²) in [6.07, 6.45) is 5.07. The summed E-state index contributed by atoms with van der Waals surface area (Å²) in [4.78, 5) is 4.86. The Kier molecular flexibility index (Phi) is 4.48. The highest BCUT2D eigenvalue weighted by Crippen LogP contribution is 2.36. The number of benzene rings is 1. The van der Waals surface area contributed by atoms with E-state index in [1.807, 2.05) is 12.1 Å². The van der Waals surface area contributed by atoms with Crippen LogP contribution in [0, 0.1) is 0 Å². The molecule has 1 aliphatic carbocycles. The molecule has 19 heavy (non-hydrogen) atoms. The van der Waals surface area contributed by atoms with Gasteiger partial charge in [0.2, 0.25) is 0 Å². The van der Waals surface area contributed by atoms with Gasteiger partial charge in [-0.1, -0.05) is 18.2 Å². The summed E-state index contributed by atoms with van der Waals surface area (Å²) in [5.74, 6) is 0. The number of rotatable bonds is 6. The predicted octanol–water partition coefficient (Wildman–Crippen LogP) is 2.23. The van der Waals surface area contributed by atoms with Crippen molar-refractivity contribution in [2.24, 2.45) is 0 Å². The maximum absolute atomic E-state index is 5.99. The molecule has 3 nitrogen and oxygen atoms in total. The Morgan fingerprint density at radius 3 is 2.37 bits per heavy atom. The Hall–Kier alpha value is -1.06. The van der Waals surface area contributed by atoms with Crippen LogP contribution in [0.5, 0.6) is 0 Å². The zero-order valence-corrected chi connectivity index (χ0v) is 12.5. The number of hydrogen-bond acceptors (Lipinski definition) is 3. The summed E-state index contributed by atoms with van der Waals surface area (Å²) in [5.41, 5.74) is 8.59. The lowest BCUT2D eigenvalue weighted by Gasteiger charge is -2.49. The van der Waals surface area contributed by atoms with Crippen LogP contribution in [-0.2, 0) is 6.42 Å². The Labute approximate surface area is 117 Å². The molecule has 2 rings (SSSR count). The molecule has 0 unspecified atom stereocenters. The molecular formula is C16H27N3. The molecule has 0 aliphatic heterocycles. The van der Waals surface area contributed by atoms with Crippen molar-refractivity contribution in [3.63, 3.8) is 0 Å². The molecular weight excluding hydrogens is 234 g/mol. The first kappa shape index (κ1) is 14.4. The summed E-state index contributed by atoms with van der Waals surface area (Å²) in [6, 6.07) is 8.19. The maximum Gasteiger partial charge on any atom is 0.0347 e. The lowest BCUT2D eigenvalue weighted by molar-refractivity contribution is 0.0282. The predicted molar refractivity (Wildman–Crippen MR) is 82.3 cm³/mol. The van der Waals surface area contributed by atoms with Crippen molar-refractivity contribution in [2.45, 2.75) is 31.2 Å². The van der Waals surface area contributed by atoms with Gasteiger partial charge in [0, 0.05) is 24.3 Å². The van der Waals surface area contributed by atoms with Crippen LogP contribution < -0.4 is 5.73 Å². The van der Waals surface area contributed by atoms with Gasteiger partial charge in [-0.15, -0.1) is 0 Å². The van der Waals surface area contributed by atoms with Crippen LogP contribution in [0.15, 0.2) is 24.3 Å². The minimum absolute atomic E-state index is 0.414. The van der Waals surface area contributed by atoms with Crippen LogP contribution in [-0.4, -0.2) is 49.6 Å². The number of likely N-dealkylation sites (N-methyl/N-ethyl adjacent to an activating group) is 2. The lowest BCUT2D eigenvalue weighted by Crippen LogP contribution is -2.56. The van der Waals surface area contributed by atoms with Crippen LogP contribution >= 0.6 is 0 Å². The molecule has 1 saturated carbocycles. The van der Waals surface area contributed by atoms with E-state index in [1.54, 1.807) is 0 Å². The highest BCUT2D eigenvalue weighted by atomic mass is 15.2. The molecule has 0 radical (unpaired) electrons. The number of nitrogens with zero attached hydrogens (tertiary/aromatic N) is 2. The van der Waals surface area contributed by atoms with Crippen molar-refractivity contribution in [1.82, 2.24) is 9.80 Å². The Balaban J connectivity index is 1.85. The van der Waals surface area contributed by atoms with Gasteiger partial charge < -0.3 is 15.5 Å². The van der Waals surface area contributed by atoms with E-state index in [2.05, 4.69) is 43.1 Å². The largest absolute Gasteiger partial charge is 0.399 e. The molecule has 0 atom stereocenters. The van der Waals surface area contributed by atoms with Gasteiger partial charge in [-0.2, -0.15) is 0 Å². The van der Waals surface area contributed by atoms with Crippen molar-refractivity contribution < 1.29 is 0 Å². The van der Waals surface area contributed by atoms with E-state index in [9.17, 15) is 0 Å². The first-order valence-corrected chi connectivity index (χ1v) is 7.23. The SMILES string of the molecule is CN(CCc1ccccc1N)CC1(N(C)C)CCC1. The quantitative estimate of drug-likeness (QED) is 0.797. The monoisotopic (exact) mass is 261 g/mol. The van der Waals surface area contributed by atoms with Crippen LogP contribution in [0.25, 0.3) is 0 Å². The van der Waals surface area contributed by atoms with E-state index in [4.69, 9.17) is 5.73 Å². The molecule has 0 saturated heterocycles. The minimum Gasteiger partial charge on any atom is -0.399 e. The summed E-state index contributed by atoms with van der Waals surface area (Å²) in [7, 11) is 6.65. The molecule has 0 aromatic heterocycles. The van der Waals surface area contributed by atoms with Crippen molar-refractivity contribution >= 4 is 5.69 Å². The topological polar surface area (TPSA) is 32.5 Å². The zero-order chi connectivity index (χ0) is 13.9. The Morgan fingerprint density at radius 1 is 1.16 bits per heavy atom. The van der Waals surface area contributed by atoms with E-state index in [1.165, 1.54) is 24.8 Å². The fraction of sp³-hybridized carbons (Fsp3) is 0.625. The smallest absolute Gasteiger partial charge is 0.0347 e. The highest BCUT2D eigenvalue weighted by molar-refractivity contribution is 5.46. The van der Waals surface area contributed by atoms with Gasteiger partial charge in [0.25, 0.3) is 0 Å². The molecule has 0 bridgehead atoms. The highest BCUT2D eigenvalue weighted by Gasteiger charge is 2.39. The van der Waals surface area contributed by atoms with Crippen LogP contribution in [0.2, 0.25) is 0 Å². The van der Waals surface area contributed by atoms with Gasteiger partial charge in [-0.05, 0) is 58.5 Å². The summed E-state index contributed by atoms with van der Waals surface area (Å²) >= 11 is 0. The fourth-order valence-corrected chi connectivity index (χ4v) is 2.99. The molecule has 0 amide bonds. The Bertz CT molecular complexity index is 410. The van der Waals surface area contributed by atoms with Crippen molar-refractivity contribution in [2.75, 3.05) is 40.0 Å². The van der Waals surface area contributed by atoms with Crippen LogP contribution in [0.1, 0.15) is 24.8 Å². The molecule has 1 fully saturated rings. The second kappa shape index (κ2) is 5.93. The molecule has 2 N–H and O–H groups in total. The summed E-state index contributed by atoms with van der Waals surface area (Å²) in [5, 5.41) is 0. The standard InChI is InChI=1S/C16H27N3/c1-18(2)16(10-6-11-16)13-19(3)12-9-14-7-4-5-8-15(14)17/h4-5,7-8H,6,9-13,17H2,1-3H3. The third kappa shape index (κ3) is 3.28. The van der Waals surface area contributed by atoms with Crippen molar-refractivity contribution in [1.29, 1.82) is 0 Å². The normalized spacial score (nSPS) is 17.7. The average Bonchev–Trinajstić information content (AvgIpc) is 2.32. The number of nitrogens with two attached hydrogens (primary N) is 1. The van der Waals surface area contributed by atoms with Gasteiger partial charge in [-0.25, -0.2) is 0 Å². The molecule has 106 valence electrons. The van der Waals surface area contributed by atoms with E-state index < -0.39 is 0 Å². The third-order valence-electron chi connectivity index (χ3n) is 4.62. The van der Waals surface area contributed by atoms with Gasteiger partial charge in [0.05, 0.1) is 0 Å². The van der Waals surface area contributed by atoms with E-state index >= 15 is 0 Å². The van der Waals surface area contributed by atoms with E-state index in [-0.39, 0.29) is 0 Å². The first-order chi connectivity index (χ1) is 9.03. The van der Waals surface area contributed by atoms with Gasteiger partial charge in [0.1, 0.15) is 0 Å². The molecule has 1 aliphatic rings. The number of para-hydroxylation sites is 1. The molecule has 3 heteroatoms. The zero-order valence-electron chi connectivity index (χ0n) is 12.5. The number of hydrogen-bond donors (Lipinski definition) is 1. The van der Waals surface area contributed by atoms with Crippen LogP contribution in [0.4, 0.5) is 5.69 Å². The number of nitrogen functional groups attached to an aromatic ring is 1. The lowest BCUT2D eigenvalue weighted by atomic mass is 9.75. The average molecular weight is 261 g/mol. The minimum atomic E-state index is 0.414. The Morgan fingerprint density at radius 2 is 1.84 bits per heavy atom. The second-order valence-corrected chi connectivity index (χ2v) is 6.16. The van der Waals surface area contributed by atoms with Gasteiger partial charge >= 0.3 is 0 Å². The van der Waals surface area contributed by atoms with Crippen molar-refractivity contribution in [3.05, 3.63) is 29.8 Å². The van der Waals surface area contributed by atoms with E-state index in [0.29, 0.717) is 5.54 Å².